The van der Waals surface area contributed by atoms with Crippen LogP contribution in [0.5, 0.6) is 0 Å². The Kier molecular flexibility index (Phi) is 28.1. The summed E-state index contributed by atoms with van der Waals surface area (Å²) in [5.41, 5.74) is -0.271. The zero-order valence-electron chi connectivity index (χ0n) is 26.3. The molecule has 1 atom stereocenters. The van der Waals surface area contributed by atoms with E-state index in [1.165, 1.54) is 154 Å². The van der Waals surface area contributed by atoms with E-state index in [2.05, 4.69) is 27.7 Å². The van der Waals surface area contributed by atoms with E-state index in [1.54, 1.807) is 0 Å². The minimum absolute atomic E-state index is 0.0805. The van der Waals surface area contributed by atoms with E-state index < -0.39 is 0 Å². The summed E-state index contributed by atoms with van der Waals surface area (Å²) >= 11 is 0. The first-order valence-electron chi connectivity index (χ1n) is 17.3. The molecule has 0 aliphatic heterocycles. The summed E-state index contributed by atoms with van der Waals surface area (Å²) in [6.45, 7) is 9.61. The number of hydrogen-bond donors (Lipinski definition) is 0. The number of carbonyl (C=O) groups is 1. The van der Waals surface area contributed by atoms with Crippen molar-refractivity contribution in [3.05, 3.63) is 0 Å². The third kappa shape index (κ3) is 24.3. The van der Waals surface area contributed by atoms with Gasteiger partial charge in [0.15, 0.2) is 0 Å². The van der Waals surface area contributed by atoms with Crippen molar-refractivity contribution in [2.24, 2.45) is 5.41 Å². The Morgan fingerprint density at radius 3 is 1.08 bits per heavy atom. The van der Waals surface area contributed by atoms with Crippen molar-refractivity contribution >= 4 is 5.97 Å². The van der Waals surface area contributed by atoms with Crippen LogP contribution in [0.4, 0.5) is 0 Å². The fourth-order valence-corrected chi connectivity index (χ4v) is 5.56. The van der Waals surface area contributed by atoms with Crippen molar-refractivity contribution in [3.63, 3.8) is 0 Å². The van der Waals surface area contributed by atoms with Crippen LogP contribution in [0.1, 0.15) is 207 Å². The Morgan fingerprint density at radius 1 is 0.432 bits per heavy atom. The Labute approximate surface area is 234 Å². The van der Waals surface area contributed by atoms with E-state index in [9.17, 15) is 4.79 Å². The first kappa shape index (κ1) is 36.5. The normalized spacial score (nSPS) is 13.1. The van der Waals surface area contributed by atoms with Crippen molar-refractivity contribution in [1.29, 1.82) is 0 Å². The van der Waals surface area contributed by atoms with Crippen molar-refractivity contribution in [1.82, 2.24) is 0 Å². The molecule has 0 saturated carbocycles. The highest BCUT2D eigenvalue weighted by Crippen LogP contribution is 2.33. The highest BCUT2D eigenvalue weighted by Gasteiger charge is 2.33. The Morgan fingerprint density at radius 2 is 0.703 bits per heavy atom. The van der Waals surface area contributed by atoms with E-state index in [0.29, 0.717) is 6.61 Å². The maximum absolute atomic E-state index is 13.0. The van der Waals surface area contributed by atoms with Gasteiger partial charge in [-0.05, 0) is 26.2 Å². The molecular weight excluding hydrogens is 452 g/mol. The van der Waals surface area contributed by atoms with E-state index in [4.69, 9.17) is 4.74 Å². The molecule has 0 radical (unpaired) electrons. The molecule has 0 aliphatic rings. The third-order valence-electron chi connectivity index (χ3n) is 8.39. The second-order valence-electron chi connectivity index (χ2n) is 12.3. The van der Waals surface area contributed by atoms with E-state index in [1.807, 2.05) is 0 Å². The molecule has 2 nitrogen and oxygen atoms in total. The highest BCUT2D eigenvalue weighted by atomic mass is 16.5. The standard InChI is InChI=1S/C35H70O2/c1-5-8-11-13-15-17-18-19-20-21-22-23-25-27-30-33-37-34(36)35(4,31-28-10-7-3)32-29-26-24-16-14-12-9-6-2/h5-33H2,1-4H3. The van der Waals surface area contributed by atoms with Gasteiger partial charge in [0.25, 0.3) is 0 Å². The molecule has 0 N–H and O–H groups in total. The van der Waals surface area contributed by atoms with Gasteiger partial charge in [0, 0.05) is 0 Å². The van der Waals surface area contributed by atoms with Crippen LogP contribution in [0.15, 0.2) is 0 Å². The second-order valence-corrected chi connectivity index (χ2v) is 12.3. The Hall–Kier alpha value is -0.530. The van der Waals surface area contributed by atoms with E-state index in [-0.39, 0.29) is 11.4 Å². The number of unbranched alkanes of at least 4 members (excludes halogenated alkanes) is 23. The average Bonchev–Trinajstić information content (AvgIpc) is 2.90. The predicted octanol–water partition coefficient (Wildman–Crippen LogP) is 12.5. The van der Waals surface area contributed by atoms with Gasteiger partial charge in [-0.3, -0.25) is 4.79 Å². The molecular formula is C35H70O2. The lowest BCUT2D eigenvalue weighted by molar-refractivity contribution is -0.156. The van der Waals surface area contributed by atoms with Gasteiger partial charge >= 0.3 is 5.97 Å². The summed E-state index contributed by atoms with van der Waals surface area (Å²) in [4.78, 5) is 13.0. The van der Waals surface area contributed by atoms with Gasteiger partial charge in [0.1, 0.15) is 0 Å². The number of esters is 1. The van der Waals surface area contributed by atoms with Gasteiger partial charge in [0.2, 0.25) is 0 Å². The quantitative estimate of drug-likeness (QED) is 0.0692. The summed E-state index contributed by atoms with van der Waals surface area (Å²) in [7, 11) is 0. The lowest BCUT2D eigenvalue weighted by atomic mass is 9.79. The van der Waals surface area contributed by atoms with Crippen LogP contribution in [0, 0.1) is 5.41 Å². The summed E-state index contributed by atoms with van der Waals surface area (Å²) < 4.78 is 5.83. The summed E-state index contributed by atoms with van der Waals surface area (Å²) in [6, 6.07) is 0. The van der Waals surface area contributed by atoms with Gasteiger partial charge in [-0.25, -0.2) is 0 Å². The minimum atomic E-state index is -0.271. The van der Waals surface area contributed by atoms with E-state index >= 15 is 0 Å². The molecule has 0 heterocycles. The van der Waals surface area contributed by atoms with Gasteiger partial charge in [-0.15, -0.1) is 0 Å². The Bertz CT molecular complexity index is 460. The molecule has 0 fully saturated rings. The van der Waals surface area contributed by atoms with Gasteiger partial charge in [-0.2, -0.15) is 0 Å². The molecule has 222 valence electrons. The zero-order valence-corrected chi connectivity index (χ0v) is 26.3. The van der Waals surface area contributed by atoms with Crippen LogP contribution < -0.4 is 0 Å². The van der Waals surface area contributed by atoms with Crippen LogP contribution in [0.3, 0.4) is 0 Å². The first-order valence-corrected chi connectivity index (χ1v) is 17.3. The molecule has 0 aliphatic carbocycles. The molecule has 2 heteroatoms. The van der Waals surface area contributed by atoms with Crippen molar-refractivity contribution in [2.75, 3.05) is 6.61 Å². The van der Waals surface area contributed by atoms with Crippen molar-refractivity contribution in [3.8, 4) is 0 Å². The lowest BCUT2D eigenvalue weighted by Gasteiger charge is -2.27. The number of ether oxygens (including phenoxy) is 1. The molecule has 0 amide bonds. The maximum Gasteiger partial charge on any atom is 0.311 e. The minimum Gasteiger partial charge on any atom is -0.465 e. The SMILES string of the molecule is CCCCCCCCCCCCCCCCCOC(=O)C(C)(CCCCC)CCCCCCCCCC. The molecule has 0 aromatic carbocycles. The molecule has 0 saturated heterocycles. The fraction of sp³-hybridized carbons (Fsp3) is 0.971. The van der Waals surface area contributed by atoms with E-state index in [0.717, 1.165) is 25.7 Å². The lowest BCUT2D eigenvalue weighted by Crippen LogP contribution is -2.30. The fourth-order valence-electron chi connectivity index (χ4n) is 5.56. The van der Waals surface area contributed by atoms with Crippen molar-refractivity contribution < 1.29 is 9.53 Å². The molecule has 0 spiro atoms. The second kappa shape index (κ2) is 28.5. The zero-order chi connectivity index (χ0) is 27.3. The van der Waals surface area contributed by atoms with Crippen LogP contribution in [0.2, 0.25) is 0 Å². The van der Waals surface area contributed by atoms with Crippen LogP contribution in [0.25, 0.3) is 0 Å². The number of carbonyl (C=O) groups excluding carboxylic acids is 1. The number of hydrogen-bond acceptors (Lipinski definition) is 2. The summed E-state index contributed by atoms with van der Waals surface area (Å²) in [5.74, 6) is 0.0805. The van der Waals surface area contributed by atoms with Crippen LogP contribution in [-0.4, -0.2) is 12.6 Å². The summed E-state index contributed by atoms with van der Waals surface area (Å²) in [6.07, 6.45) is 36.6. The van der Waals surface area contributed by atoms with Crippen LogP contribution >= 0.6 is 0 Å². The predicted molar refractivity (Wildman–Crippen MR) is 165 cm³/mol. The smallest absolute Gasteiger partial charge is 0.311 e. The van der Waals surface area contributed by atoms with Gasteiger partial charge < -0.3 is 4.74 Å². The maximum atomic E-state index is 13.0. The first-order chi connectivity index (χ1) is 18.1. The van der Waals surface area contributed by atoms with Crippen molar-refractivity contribution in [2.45, 2.75) is 207 Å². The molecule has 0 bridgehead atoms. The molecule has 0 aromatic rings. The van der Waals surface area contributed by atoms with Crippen LogP contribution in [-0.2, 0) is 9.53 Å². The monoisotopic (exact) mass is 523 g/mol. The topological polar surface area (TPSA) is 26.3 Å². The Balaban J connectivity index is 3.82. The van der Waals surface area contributed by atoms with Gasteiger partial charge in [0.05, 0.1) is 12.0 Å². The number of rotatable bonds is 30. The molecule has 0 rings (SSSR count). The largest absolute Gasteiger partial charge is 0.465 e. The average molecular weight is 523 g/mol. The molecule has 1 unspecified atom stereocenters. The van der Waals surface area contributed by atoms with Gasteiger partial charge in [-0.1, -0.05) is 181 Å². The molecule has 0 aromatic heterocycles. The highest BCUT2D eigenvalue weighted by molar-refractivity contribution is 5.76. The third-order valence-corrected chi connectivity index (χ3v) is 8.39. The summed E-state index contributed by atoms with van der Waals surface area (Å²) in [5, 5.41) is 0. The molecule has 37 heavy (non-hydrogen) atoms.